The van der Waals surface area contributed by atoms with Crippen LogP contribution in [-0.2, 0) is 16.4 Å². The molecule has 0 aliphatic carbocycles. The Morgan fingerprint density at radius 3 is 2.44 bits per heavy atom. The van der Waals surface area contributed by atoms with Crippen molar-refractivity contribution in [3.63, 3.8) is 0 Å². The summed E-state index contributed by atoms with van der Waals surface area (Å²) in [7, 11) is -2.97. The van der Waals surface area contributed by atoms with Gasteiger partial charge in [-0.2, -0.15) is 10.2 Å². The van der Waals surface area contributed by atoms with E-state index in [1.807, 2.05) is 30.3 Å². The summed E-state index contributed by atoms with van der Waals surface area (Å²) >= 11 is 0. The zero-order valence-corrected chi connectivity index (χ0v) is 10.3. The first kappa shape index (κ1) is 12.8. The van der Waals surface area contributed by atoms with E-state index < -0.39 is 9.84 Å². The van der Waals surface area contributed by atoms with Crippen LogP contribution in [0.4, 0.5) is 0 Å². The Hall–Kier alpha value is -1.23. The van der Waals surface area contributed by atoms with Gasteiger partial charge in [-0.1, -0.05) is 30.3 Å². The first-order chi connectivity index (χ1) is 7.47. The fraction of sp³-hybridized carbons (Fsp3) is 0.455. The lowest BCUT2D eigenvalue weighted by molar-refractivity contribution is 0.593. The van der Waals surface area contributed by atoms with Crippen molar-refractivity contribution in [1.29, 1.82) is 0 Å². The monoisotopic (exact) mass is 240 g/mol. The summed E-state index contributed by atoms with van der Waals surface area (Å²) in [6.07, 6.45) is 1.20. The van der Waals surface area contributed by atoms with E-state index in [0.29, 0.717) is 6.54 Å². The van der Waals surface area contributed by atoms with Gasteiger partial charge in [0.05, 0.1) is 18.3 Å². The number of sulfone groups is 1. The van der Waals surface area contributed by atoms with Crippen molar-refractivity contribution < 1.29 is 8.42 Å². The van der Waals surface area contributed by atoms with Gasteiger partial charge in [-0.15, -0.1) is 0 Å². The first-order valence-electron chi connectivity index (χ1n) is 5.05. The number of rotatable bonds is 5. The van der Waals surface area contributed by atoms with Crippen molar-refractivity contribution in [2.45, 2.75) is 19.5 Å². The molecule has 16 heavy (non-hydrogen) atoms. The van der Waals surface area contributed by atoms with Crippen LogP contribution in [0.3, 0.4) is 0 Å². The quantitative estimate of drug-likeness (QED) is 0.740. The molecule has 1 unspecified atom stereocenters. The van der Waals surface area contributed by atoms with Crippen LogP contribution in [0.5, 0.6) is 0 Å². The topological polar surface area (TPSA) is 58.9 Å². The number of hydrogen-bond donors (Lipinski definition) is 0. The maximum absolute atomic E-state index is 11.0. The van der Waals surface area contributed by atoms with E-state index in [4.69, 9.17) is 0 Å². The molecular formula is C11H16N2O2S. The summed E-state index contributed by atoms with van der Waals surface area (Å²) in [6, 6.07) is 9.45. The molecule has 1 atom stereocenters. The van der Waals surface area contributed by atoms with Gasteiger partial charge in [0.15, 0.2) is 0 Å². The summed E-state index contributed by atoms with van der Waals surface area (Å²) in [5.74, 6) is 0.0469. The molecule has 4 nitrogen and oxygen atoms in total. The molecule has 0 spiro atoms. The van der Waals surface area contributed by atoms with Crippen LogP contribution in [0.25, 0.3) is 0 Å². The lowest BCUT2D eigenvalue weighted by atomic mass is 10.2. The molecule has 0 saturated carbocycles. The third-order valence-corrected chi connectivity index (χ3v) is 3.01. The van der Waals surface area contributed by atoms with E-state index in [1.165, 1.54) is 6.26 Å². The molecule has 1 aromatic carbocycles. The second-order valence-electron chi connectivity index (χ2n) is 3.84. The van der Waals surface area contributed by atoms with Gasteiger partial charge in [-0.3, -0.25) is 0 Å². The largest absolute Gasteiger partial charge is 0.229 e. The fourth-order valence-electron chi connectivity index (χ4n) is 1.32. The molecular weight excluding hydrogens is 224 g/mol. The Balaban J connectivity index is 2.44. The molecule has 88 valence electrons. The summed E-state index contributed by atoms with van der Waals surface area (Å²) in [5.41, 5.74) is 1.07. The standard InChI is InChI=1S/C11H16N2O2S/c1-10(9-16(2,14)15)13-12-8-11-6-4-3-5-7-11/h3-7,10H,8-9H2,1-2H3. The van der Waals surface area contributed by atoms with Crippen molar-refractivity contribution in [2.75, 3.05) is 12.0 Å². The minimum absolute atomic E-state index is 0.0469. The maximum atomic E-state index is 11.0. The predicted molar refractivity (Wildman–Crippen MR) is 64.2 cm³/mol. The molecule has 0 aliphatic rings. The molecule has 0 aliphatic heterocycles. The molecule has 0 aromatic heterocycles. The van der Waals surface area contributed by atoms with E-state index in [9.17, 15) is 8.42 Å². The van der Waals surface area contributed by atoms with Crippen LogP contribution >= 0.6 is 0 Å². The van der Waals surface area contributed by atoms with Gasteiger partial charge in [0.1, 0.15) is 9.84 Å². The van der Waals surface area contributed by atoms with E-state index in [2.05, 4.69) is 10.2 Å². The van der Waals surface area contributed by atoms with Gasteiger partial charge in [-0.05, 0) is 12.5 Å². The molecule has 0 radical (unpaired) electrons. The first-order valence-corrected chi connectivity index (χ1v) is 7.12. The molecule has 1 aromatic rings. The Morgan fingerprint density at radius 2 is 1.88 bits per heavy atom. The Kier molecular flexibility index (Phi) is 4.61. The van der Waals surface area contributed by atoms with Crippen LogP contribution < -0.4 is 0 Å². The SMILES string of the molecule is CC(CS(C)(=O)=O)N=NCc1ccccc1. The highest BCUT2D eigenvalue weighted by Crippen LogP contribution is 2.02. The Labute approximate surface area is 96.3 Å². The zero-order valence-electron chi connectivity index (χ0n) is 9.50. The van der Waals surface area contributed by atoms with Gasteiger partial charge >= 0.3 is 0 Å². The number of hydrogen-bond acceptors (Lipinski definition) is 4. The van der Waals surface area contributed by atoms with Crippen molar-refractivity contribution in [3.8, 4) is 0 Å². The van der Waals surface area contributed by atoms with Crippen LogP contribution in [0, 0.1) is 0 Å². The average molecular weight is 240 g/mol. The van der Waals surface area contributed by atoms with Gasteiger partial charge in [0.2, 0.25) is 0 Å². The van der Waals surface area contributed by atoms with Gasteiger partial charge in [0.25, 0.3) is 0 Å². The summed E-state index contributed by atoms with van der Waals surface area (Å²) in [5, 5.41) is 7.94. The van der Waals surface area contributed by atoms with Gasteiger partial charge < -0.3 is 0 Å². The van der Waals surface area contributed by atoms with Crippen LogP contribution in [-0.4, -0.2) is 26.5 Å². The molecule has 0 amide bonds. The van der Waals surface area contributed by atoms with E-state index >= 15 is 0 Å². The minimum Gasteiger partial charge on any atom is -0.229 e. The van der Waals surface area contributed by atoms with Crippen molar-refractivity contribution in [3.05, 3.63) is 35.9 Å². The van der Waals surface area contributed by atoms with Crippen molar-refractivity contribution in [1.82, 2.24) is 0 Å². The fourth-order valence-corrected chi connectivity index (χ4v) is 2.26. The smallest absolute Gasteiger partial charge is 0.149 e. The van der Waals surface area contributed by atoms with Crippen LogP contribution in [0.15, 0.2) is 40.6 Å². The van der Waals surface area contributed by atoms with Gasteiger partial charge in [-0.25, -0.2) is 8.42 Å². The predicted octanol–water partition coefficient (Wildman–Crippen LogP) is 2.07. The third kappa shape index (κ3) is 5.60. The highest BCUT2D eigenvalue weighted by Gasteiger charge is 2.08. The highest BCUT2D eigenvalue weighted by atomic mass is 32.2. The number of benzene rings is 1. The van der Waals surface area contributed by atoms with Gasteiger partial charge in [0, 0.05) is 6.26 Å². The third-order valence-electron chi connectivity index (χ3n) is 1.92. The van der Waals surface area contributed by atoms with Crippen molar-refractivity contribution >= 4 is 9.84 Å². The molecule has 0 bridgehead atoms. The average Bonchev–Trinajstić information content (AvgIpc) is 2.16. The highest BCUT2D eigenvalue weighted by molar-refractivity contribution is 7.90. The van der Waals surface area contributed by atoms with Crippen molar-refractivity contribution in [2.24, 2.45) is 10.2 Å². The molecule has 0 fully saturated rings. The normalized spacial score (nSPS) is 14.1. The van der Waals surface area contributed by atoms with E-state index in [0.717, 1.165) is 5.56 Å². The Morgan fingerprint density at radius 1 is 1.25 bits per heavy atom. The molecule has 0 saturated heterocycles. The Bertz CT molecular complexity index is 440. The van der Waals surface area contributed by atoms with E-state index in [1.54, 1.807) is 6.92 Å². The van der Waals surface area contributed by atoms with Crippen LogP contribution in [0.2, 0.25) is 0 Å². The number of azo groups is 1. The molecule has 5 heteroatoms. The second kappa shape index (κ2) is 5.75. The summed E-state index contributed by atoms with van der Waals surface area (Å²) < 4.78 is 21.9. The number of nitrogens with zero attached hydrogens (tertiary/aromatic N) is 2. The zero-order chi connectivity index (χ0) is 12.0. The second-order valence-corrected chi connectivity index (χ2v) is 6.03. The lowest BCUT2D eigenvalue weighted by Crippen LogP contribution is -2.14. The summed E-state index contributed by atoms with van der Waals surface area (Å²) in [4.78, 5) is 0. The van der Waals surface area contributed by atoms with E-state index in [-0.39, 0.29) is 11.8 Å². The molecule has 0 heterocycles. The van der Waals surface area contributed by atoms with Crippen LogP contribution in [0.1, 0.15) is 12.5 Å². The minimum atomic E-state index is -2.97. The maximum Gasteiger partial charge on any atom is 0.149 e. The lowest BCUT2D eigenvalue weighted by Gasteiger charge is -2.02. The molecule has 1 rings (SSSR count). The summed E-state index contributed by atoms with van der Waals surface area (Å²) in [6.45, 7) is 2.24. The molecule has 0 N–H and O–H groups in total.